The Hall–Kier alpha value is -3.27. The van der Waals surface area contributed by atoms with Crippen molar-refractivity contribution in [2.24, 2.45) is 5.92 Å². The number of carbonyl (C=O) groups excluding carboxylic acids is 2. The smallest absolute Gasteiger partial charge is 0.264 e. The number of benzene rings is 3. The summed E-state index contributed by atoms with van der Waals surface area (Å²) >= 11 is 12.5. The van der Waals surface area contributed by atoms with Gasteiger partial charge in [-0.25, -0.2) is 8.42 Å². The lowest BCUT2D eigenvalue weighted by Crippen LogP contribution is -2.51. The summed E-state index contributed by atoms with van der Waals surface area (Å²) in [4.78, 5) is 28.4. The first-order chi connectivity index (χ1) is 18.9. The van der Waals surface area contributed by atoms with Crippen molar-refractivity contribution in [3.8, 4) is 5.75 Å². The van der Waals surface area contributed by atoms with Crippen LogP contribution in [0.25, 0.3) is 0 Å². The number of nitrogens with one attached hydrogen (secondary N) is 1. The van der Waals surface area contributed by atoms with Crippen LogP contribution >= 0.6 is 23.2 Å². The quantitative estimate of drug-likeness (QED) is 0.299. The van der Waals surface area contributed by atoms with Crippen LogP contribution in [0.15, 0.2) is 77.7 Å². The van der Waals surface area contributed by atoms with Crippen molar-refractivity contribution in [1.29, 1.82) is 0 Å². The minimum atomic E-state index is -4.23. The molecular weight excluding hydrogens is 573 g/mol. The van der Waals surface area contributed by atoms with Gasteiger partial charge in [0, 0.05) is 18.1 Å². The Kier molecular flexibility index (Phi) is 10.8. The Balaban J connectivity index is 2.04. The number of anilines is 1. The number of hydrogen-bond acceptors (Lipinski definition) is 5. The first-order valence-corrected chi connectivity index (χ1v) is 14.9. The normalized spacial score (nSPS) is 12.1. The van der Waals surface area contributed by atoms with Crippen LogP contribution in [0, 0.1) is 5.92 Å². The van der Waals surface area contributed by atoms with Crippen molar-refractivity contribution < 1.29 is 22.7 Å². The van der Waals surface area contributed by atoms with Gasteiger partial charge in [-0.1, -0.05) is 67.4 Å². The highest BCUT2D eigenvalue weighted by Crippen LogP contribution is 2.33. The minimum Gasteiger partial charge on any atom is -0.497 e. The maximum Gasteiger partial charge on any atom is 0.264 e. The zero-order valence-electron chi connectivity index (χ0n) is 22.8. The summed E-state index contributed by atoms with van der Waals surface area (Å²) in [6, 6.07) is 18.3. The molecule has 1 N–H and O–H groups in total. The van der Waals surface area contributed by atoms with E-state index in [0.29, 0.717) is 22.9 Å². The fraction of sp³-hybridized carbons (Fsp3) is 0.310. The third kappa shape index (κ3) is 7.90. The second-order valence-electron chi connectivity index (χ2n) is 9.61. The molecule has 40 heavy (non-hydrogen) atoms. The summed E-state index contributed by atoms with van der Waals surface area (Å²) in [5, 5.41) is 3.23. The van der Waals surface area contributed by atoms with Gasteiger partial charge in [-0.3, -0.25) is 13.9 Å². The Bertz CT molecular complexity index is 1430. The molecule has 3 aromatic carbocycles. The monoisotopic (exact) mass is 605 g/mol. The lowest BCUT2D eigenvalue weighted by molar-refractivity contribution is -0.139. The molecule has 3 rings (SSSR count). The molecule has 0 bridgehead atoms. The van der Waals surface area contributed by atoms with E-state index in [1.807, 2.05) is 13.8 Å². The third-order valence-corrected chi connectivity index (χ3v) is 8.44. The first-order valence-electron chi connectivity index (χ1n) is 12.7. The molecule has 0 aliphatic carbocycles. The summed E-state index contributed by atoms with van der Waals surface area (Å²) < 4.78 is 33.9. The highest BCUT2D eigenvalue weighted by molar-refractivity contribution is 7.92. The van der Waals surface area contributed by atoms with Gasteiger partial charge < -0.3 is 15.0 Å². The predicted octanol–water partition coefficient (Wildman–Crippen LogP) is 5.39. The highest BCUT2D eigenvalue weighted by Gasteiger charge is 2.33. The number of halogens is 2. The van der Waals surface area contributed by atoms with Crippen molar-refractivity contribution in [2.45, 2.75) is 38.3 Å². The average Bonchev–Trinajstić information content (AvgIpc) is 2.93. The van der Waals surface area contributed by atoms with E-state index in [2.05, 4.69) is 5.32 Å². The van der Waals surface area contributed by atoms with Gasteiger partial charge in [-0.05, 0) is 60.9 Å². The van der Waals surface area contributed by atoms with Crippen LogP contribution < -0.4 is 14.4 Å². The Morgan fingerprint density at radius 3 is 2.27 bits per heavy atom. The minimum absolute atomic E-state index is 0.0177. The SMILES string of the molecule is COc1cccc(CN(C(=O)CN(c2ccc(Cl)cc2Cl)S(=O)(=O)c2ccccc2)C(C)C(=O)NCC(C)C)c1. The molecule has 8 nitrogen and oxygen atoms in total. The molecule has 0 heterocycles. The van der Waals surface area contributed by atoms with Crippen molar-refractivity contribution in [3.63, 3.8) is 0 Å². The van der Waals surface area contributed by atoms with Gasteiger partial charge in [0.2, 0.25) is 11.8 Å². The second-order valence-corrected chi connectivity index (χ2v) is 12.3. The van der Waals surface area contributed by atoms with Gasteiger partial charge in [0.25, 0.3) is 10.0 Å². The second kappa shape index (κ2) is 13.9. The van der Waals surface area contributed by atoms with E-state index >= 15 is 0 Å². The number of carbonyl (C=O) groups is 2. The molecule has 0 saturated carbocycles. The molecule has 0 spiro atoms. The fourth-order valence-electron chi connectivity index (χ4n) is 3.92. The molecule has 3 aromatic rings. The molecule has 1 atom stereocenters. The van der Waals surface area contributed by atoms with Gasteiger partial charge in [0.05, 0.1) is 22.7 Å². The van der Waals surface area contributed by atoms with Crippen LogP contribution in [0.1, 0.15) is 26.3 Å². The van der Waals surface area contributed by atoms with E-state index in [4.69, 9.17) is 27.9 Å². The van der Waals surface area contributed by atoms with E-state index < -0.39 is 28.5 Å². The molecule has 0 saturated heterocycles. The topological polar surface area (TPSA) is 96.0 Å². The highest BCUT2D eigenvalue weighted by atomic mass is 35.5. The molecule has 11 heteroatoms. The summed E-state index contributed by atoms with van der Waals surface area (Å²) in [7, 11) is -2.70. The van der Waals surface area contributed by atoms with Crippen molar-refractivity contribution >= 4 is 50.7 Å². The molecule has 1 unspecified atom stereocenters. The maximum atomic E-state index is 14.0. The number of hydrogen-bond donors (Lipinski definition) is 1. The number of rotatable bonds is 12. The molecule has 0 aliphatic rings. The van der Waals surface area contributed by atoms with Crippen LogP contribution in [-0.2, 0) is 26.2 Å². The first kappa shape index (κ1) is 31.3. The van der Waals surface area contributed by atoms with Crippen molar-refractivity contribution in [3.05, 3.63) is 88.4 Å². The van der Waals surface area contributed by atoms with Crippen molar-refractivity contribution in [2.75, 3.05) is 24.5 Å². The average molecular weight is 607 g/mol. The molecular formula is C29H33Cl2N3O5S. The lowest BCUT2D eigenvalue weighted by atomic mass is 10.1. The van der Waals surface area contributed by atoms with E-state index in [-0.39, 0.29) is 34.0 Å². The molecule has 0 aromatic heterocycles. The summed E-state index contributed by atoms with van der Waals surface area (Å²) in [6.07, 6.45) is 0. The Morgan fingerprint density at radius 1 is 0.950 bits per heavy atom. The third-order valence-electron chi connectivity index (χ3n) is 6.13. The van der Waals surface area contributed by atoms with Crippen LogP contribution in [-0.4, -0.2) is 51.4 Å². The molecule has 0 fully saturated rings. The molecule has 0 aliphatic heterocycles. The van der Waals surface area contributed by atoms with E-state index in [0.717, 1.165) is 4.31 Å². The van der Waals surface area contributed by atoms with Gasteiger partial charge >= 0.3 is 0 Å². The Morgan fingerprint density at radius 2 is 1.65 bits per heavy atom. The summed E-state index contributed by atoms with van der Waals surface area (Å²) in [6.45, 7) is 5.40. The van der Waals surface area contributed by atoms with Gasteiger partial charge in [0.1, 0.15) is 18.3 Å². The molecule has 214 valence electrons. The zero-order chi connectivity index (χ0) is 29.4. The van der Waals surface area contributed by atoms with Gasteiger partial charge in [0.15, 0.2) is 0 Å². The van der Waals surface area contributed by atoms with Crippen LogP contribution in [0.5, 0.6) is 5.75 Å². The van der Waals surface area contributed by atoms with Gasteiger partial charge in [-0.2, -0.15) is 0 Å². The number of nitrogens with zero attached hydrogens (tertiary/aromatic N) is 2. The Labute approximate surface area is 245 Å². The lowest BCUT2D eigenvalue weighted by Gasteiger charge is -2.32. The predicted molar refractivity (Wildman–Crippen MR) is 158 cm³/mol. The van der Waals surface area contributed by atoms with Crippen LogP contribution in [0.4, 0.5) is 5.69 Å². The van der Waals surface area contributed by atoms with E-state index in [9.17, 15) is 18.0 Å². The standard InChI is InChI=1S/C29H33Cl2N3O5S/c1-20(2)17-32-29(36)21(3)33(18-22-9-8-10-24(15-22)39-4)28(35)19-34(27-14-13-23(30)16-26(27)31)40(37,38)25-11-6-5-7-12-25/h5-16,20-21H,17-19H2,1-4H3,(H,32,36). The van der Waals surface area contributed by atoms with E-state index in [1.165, 1.54) is 42.3 Å². The number of ether oxygens (including phenoxy) is 1. The number of amides is 2. The van der Waals surface area contributed by atoms with Gasteiger partial charge in [-0.15, -0.1) is 0 Å². The summed E-state index contributed by atoms with van der Waals surface area (Å²) in [5.41, 5.74) is 0.791. The fourth-order valence-corrected chi connectivity index (χ4v) is 5.93. The molecule has 2 amide bonds. The number of sulfonamides is 1. The zero-order valence-corrected chi connectivity index (χ0v) is 25.1. The summed E-state index contributed by atoms with van der Waals surface area (Å²) in [5.74, 6) is -0.159. The van der Waals surface area contributed by atoms with Crippen molar-refractivity contribution in [1.82, 2.24) is 10.2 Å². The largest absolute Gasteiger partial charge is 0.497 e. The maximum absolute atomic E-state index is 14.0. The van der Waals surface area contributed by atoms with Crippen LogP contribution in [0.3, 0.4) is 0 Å². The van der Waals surface area contributed by atoms with E-state index in [1.54, 1.807) is 49.4 Å². The van der Waals surface area contributed by atoms with Crippen LogP contribution in [0.2, 0.25) is 10.0 Å². The number of methoxy groups -OCH3 is 1. The molecule has 0 radical (unpaired) electrons.